The maximum absolute atomic E-state index is 10.2. The van der Waals surface area contributed by atoms with Crippen molar-refractivity contribution in [1.82, 2.24) is 4.90 Å². The second-order valence-electron chi connectivity index (χ2n) is 2.43. The zero-order chi connectivity index (χ0) is 7.28. The SMILES string of the molecule is CCN(CC[O])C(C)C. The molecule has 0 spiro atoms. The van der Waals surface area contributed by atoms with Crippen molar-refractivity contribution in [2.75, 3.05) is 19.7 Å². The Hall–Kier alpha value is -0.0800. The molecule has 0 saturated heterocycles. The van der Waals surface area contributed by atoms with Crippen LogP contribution in [0.25, 0.3) is 0 Å². The van der Waals surface area contributed by atoms with E-state index in [1.54, 1.807) is 0 Å². The highest BCUT2D eigenvalue weighted by atomic mass is 16.3. The van der Waals surface area contributed by atoms with Crippen molar-refractivity contribution in [3.63, 3.8) is 0 Å². The van der Waals surface area contributed by atoms with Gasteiger partial charge in [0.2, 0.25) is 0 Å². The summed E-state index contributed by atoms with van der Waals surface area (Å²) in [5.41, 5.74) is 0. The van der Waals surface area contributed by atoms with Crippen molar-refractivity contribution in [3.05, 3.63) is 0 Å². The van der Waals surface area contributed by atoms with Crippen LogP contribution < -0.4 is 0 Å². The van der Waals surface area contributed by atoms with E-state index in [-0.39, 0.29) is 6.61 Å². The van der Waals surface area contributed by atoms with Crippen LogP contribution in [0.15, 0.2) is 0 Å². The van der Waals surface area contributed by atoms with Gasteiger partial charge in [0.15, 0.2) is 0 Å². The maximum atomic E-state index is 10.2. The zero-order valence-electron chi connectivity index (χ0n) is 6.55. The van der Waals surface area contributed by atoms with Gasteiger partial charge < -0.3 is 0 Å². The highest BCUT2D eigenvalue weighted by Crippen LogP contribution is 1.94. The molecule has 0 N–H and O–H groups in total. The highest BCUT2D eigenvalue weighted by molar-refractivity contribution is 4.58. The van der Waals surface area contributed by atoms with Crippen molar-refractivity contribution in [1.29, 1.82) is 0 Å². The van der Waals surface area contributed by atoms with Gasteiger partial charge in [0, 0.05) is 12.6 Å². The molecule has 2 nitrogen and oxygen atoms in total. The first kappa shape index (κ1) is 8.92. The topological polar surface area (TPSA) is 23.1 Å². The molecule has 0 rings (SSSR count). The van der Waals surface area contributed by atoms with E-state index in [0.717, 1.165) is 6.54 Å². The van der Waals surface area contributed by atoms with Crippen molar-refractivity contribution < 1.29 is 5.11 Å². The van der Waals surface area contributed by atoms with Crippen LogP contribution in [0.1, 0.15) is 20.8 Å². The van der Waals surface area contributed by atoms with Crippen LogP contribution in [0.5, 0.6) is 0 Å². The second-order valence-corrected chi connectivity index (χ2v) is 2.43. The molecule has 0 unspecified atom stereocenters. The fourth-order valence-electron chi connectivity index (χ4n) is 0.899. The largest absolute Gasteiger partial charge is 0.299 e. The van der Waals surface area contributed by atoms with E-state index in [2.05, 4.69) is 25.7 Å². The first-order valence-corrected chi connectivity index (χ1v) is 3.54. The lowest BCUT2D eigenvalue weighted by Crippen LogP contribution is -2.32. The summed E-state index contributed by atoms with van der Waals surface area (Å²) in [6.07, 6.45) is 0. The number of hydrogen-bond donors (Lipinski definition) is 0. The molecule has 55 valence electrons. The van der Waals surface area contributed by atoms with Gasteiger partial charge >= 0.3 is 0 Å². The lowest BCUT2D eigenvalue weighted by atomic mass is 10.3. The summed E-state index contributed by atoms with van der Waals surface area (Å²) in [7, 11) is 0. The molecule has 0 aliphatic rings. The minimum atomic E-state index is 0.0199. The summed E-state index contributed by atoms with van der Waals surface area (Å²) in [5.74, 6) is 0. The van der Waals surface area contributed by atoms with Gasteiger partial charge in [-0.2, -0.15) is 0 Å². The summed E-state index contributed by atoms with van der Waals surface area (Å²) >= 11 is 0. The van der Waals surface area contributed by atoms with E-state index in [9.17, 15) is 5.11 Å². The maximum Gasteiger partial charge on any atom is 0.0949 e. The Bertz CT molecular complexity index is 63.9. The van der Waals surface area contributed by atoms with Gasteiger partial charge in [-0.15, -0.1) is 0 Å². The van der Waals surface area contributed by atoms with Gasteiger partial charge in [-0.3, -0.25) is 4.90 Å². The third-order valence-corrected chi connectivity index (χ3v) is 1.51. The van der Waals surface area contributed by atoms with Gasteiger partial charge in [-0.05, 0) is 20.4 Å². The fraction of sp³-hybridized carbons (Fsp3) is 1.00. The van der Waals surface area contributed by atoms with E-state index in [0.29, 0.717) is 12.6 Å². The smallest absolute Gasteiger partial charge is 0.0949 e. The third-order valence-electron chi connectivity index (χ3n) is 1.51. The Morgan fingerprint density at radius 3 is 2.11 bits per heavy atom. The molecule has 2 heteroatoms. The van der Waals surface area contributed by atoms with E-state index >= 15 is 0 Å². The van der Waals surface area contributed by atoms with E-state index in [4.69, 9.17) is 0 Å². The molecule has 0 aromatic carbocycles. The van der Waals surface area contributed by atoms with Gasteiger partial charge in [0.25, 0.3) is 0 Å². The van der Waals surface area contributed by atoms with Gasteiger partial charge in [0.05, 0.1) is 6.61 Å². The Balaban J connectivity index is 3.41. The van der Waals surface area contributed by atoms with Crippen LogP contribution >= 0.6 is 0 Å². The molecule has 0 aliphatic carbocycles. The molecule has 0 saturated carbocycles. The molecule has 0 fully saturated rings. The Kier molecular flexibility index (Phi) is 4.72. The molecular weight excluding hydrogens is 114 g/mol. The zero-order valence-corrected chi connectivity index (χ0v) is 6.55. The first-order chi connectivity index (χ1) is 4.22. The number of hydrogen-bond acceptors (Lipinski definition) is 1. The lowest BCUT2D eigenvalue weighted by molar-refractivity contribution is 0.126. The minimum Gasteiger partial charge on any atom is -0.299 e. The molecule has 9 heavy (non-hydrogen) atoms. The summed E-state index contributed by atoms with van der Waals surface area (Å²) in [5, 5.41) is 10.2. The third kappa shape index (κ3) is 3.49. The molecular formula is C7H16NO. The summed E-state index contributed by atoms with van der Waals surface area (Å²) < 4.78 is 0. The molecule has 0 aromatic heterocycles. The van der Waals surface area contributed by atoms with Crippen LogP contribution in [0.2, 0.25) is 0 Å². The predicted octanol–water partition coefficient (Wildman–Crippen LogP) is 1.15. The van der Waals surface area contributed by atoms with E-state index in [1.807, 2.05) is 0 Å². The van der Waals surface area contributed by atoms with E-state index in [1.165, 1.54) is 0 Å². The van der Waals surface area contributed by atoms with Crippen LogP contribution in [-0.4, -0.2) is 30.6 Å². The number of nitrogens with zero attached hydrogens (tertiary/aromatic N) is 1. The molecule has 0 heterocycles. The summed E-state index contributed by atoms with van der Waals surface area (Å²) in [4.78, 5) is 2.16. The molecule has 0 amide bonds. The number of rotatable bonds is 4. The quantitative estimate of drug-likeness (QED) is 0.560. The molecule has 0 aromatic rings. The first-order valence-electron chi connectivity index (χ1n) is 3.54. The minimum absolute atomic E-state index is 0.0199. The highest BCUT2D eigenvalue weighted by Gasteiger charge is 2.04. The summed E-state index contributed by atoms with van der Waals surface area (Å²) in [6.45, 7) is 7.99. The molecule has 0 bridgehead atoms. The van der Waals surface area contributed by atoms with Gasteiger partial charge in [0.1, 0.15) is 0 Å². The Labute approximate surface area is 57.5 Å². The average molecular weight is 130 g/mol. The molecule has 0 aliphatic heterocycles. The second kappa shape index (κ2) is 4.77. The predicted molar refractivity (Wildman–Crippen MR) is 37.9 cm³/mol. The molecule has 0 atom stereocenters. The normalized spacial score (nSPS) is 11.3. The van der Waals surface area contributed by atoms with Crippen LogP contribution in [0.4, 0.5) is 0 Å². The van der Waals surface area contributed by atoms with Crippen LogP contribution in [-0.2, 0) is 5.11 Å². The Morgan fingerprint density at radius 1 is 1.44 bits per heavy atom. The monoisotopic (exact) mass is 130 g/mol. The van der Waals surface area contributed by atoms with Gasteiger partial charge in [-0.1, -0.05) is 6.92 Å². The number of likely N-dealkylation sites (N-methyl/N-ethyl adjacent to an activating group) is 1. The van der Waals surface area contributed by atoms with Crippen molar-refractivity contribution >= 4 is 0 Å². The van der Waals surface area contributed by atoms with E-state index < -0.39 is 0 Å². The Morgan fingerprint density at radius 2 is 2.00 bits per heavy atom. The lowest BCUT2D eigenvalue weighted by Gasteiger charge is -2.22. The van der Waals surface area contributed by atoms with Crippen molar-refractivity contribution in [2.45, 2.75) is 26.8 Å². The molecule has 1 radical (unpaired) electrons. The van der Waals surface area contributed by atoms with Crippen molar-refractivity contribution in [3.8, 4) is 0 Å². The van der Waals surface area contributed by atoms with Gasteiger partial charge in [-0.25, -0.2) is 5.11 Å². The fourth-order valence-corrected chi connectivity index (χ4v) is 0.899. The van der Waals surface area contributed by atoms with Crippen molar-refractivity contribution in [2.24, 2.45) is 0 Å². The summed E-state index contributed by atoms with van der Waals surface area (Å²) in [6, 6.07) is 0.518. The average Bonchev–Trinajstić information content (AvgIpc) is 1.82. The van der Waals surface area contributed by atoms with Crippen LogP contribution in [0.3, 0.4) is 0 Å². The van der Waals surface area contributed by atoms with Crippen LogP contribution in [0, 0.1) is 0 Å². The standard InChI is InChI=1S/C7H16NO/c1-4-8(5-6-9)7(2)3/h7H,4-6H2,1-3H3.